The van der Waals surface area contributed by atoms with Crippen molar-refractivity contribution in [2.75, 3.05) is 12.4 Å². The number of ether oxygens (including phenoxy) is 1. The van der Waals surface area contributed by atoms with Crippen LogP contribution in [0.1, 0.15) is 20.7 Å². The van der Waals surface area contributed by atoms with Crippen LogP contribution in [0.5, 0.6) is 11.5 Å². The predicted octanol–water partition coefficient (Wildman–Crippen LogP) is 3.66. The molecule has 1 amide bonds. The van der Waals surface area contributed by atoms with Gasteiger partial charge in [0.2, 0.25) is 0 Å². The van der Waals surface area contributed by atoms with Crippen LogP contribution < -0.4 is 10.1 Å². The maximum absolute atomic E-state index is 12.2. The number of phenols is 1. The molecule has 0 saturated heterocycles. The van der Waals surface area contributed by atoms with Gasteiger partial charge in [0.15, 0.2) is 5.75 Å². The highest BCUT2D eigenvalue weighted by Gasteiger charge is 2.15. The molecule has 6 nitrogen and oxygen atoms in total. The van der Waals surface area contributed by atoms with Gasteiger partial charge in [0, 0.05) is 17.3 Å². The van der Waals surface area contributed by atoms with Crippen LogP contribution >= 0.6 is 23.2 Å². The molecule has 0 saturated carbocycles. The number of aromatic carboxylic acids is 1. The predicted molar refractivity (Wildman–Crippen MR) is 86.0 cm³/mol. The van der Waals surface area contributed by atoms with Gasteiger partial charge in [-0.05, 0) is 24.3 Å². The molecule has 0 bridgehead atoms. The highest BCUT2D eigenvalue weighted by Crippen LogP contribution is 2.34. The smallest absolute Gasteiger partial charge is 0.339 e. The molecule has 8 heteroatoms. The summed E-state index contributed by atoms with van der Waals surface area (Å²) in [5.74, 6) is -2.00. The van der Waals surface area contributed by atoms with Crippen molar-refractivity contribution in [3.8, 4) is 11.5 Å². The number of carboxylic acids is 1. The van der Waals surface area contributed by atoms with E-state index in [1.54, 1.807) is 0 Å². The molecular weight excluding hydrogens is 345 g/mol. The van der Waals surface area contributed by atoms with Gasteiger partial charge in [-0.1, -0.05) is 23.2 Å². The maximum Gasteiger partial charge on any atom is 0.339 e. The monoisotopic (exact) mass is 355 g/mol. The lowest BCUT2D eigenvalue weighted by Crippen LogP contribution is -2.12. The van der Waals surface area contributed by atoms with Gasteiger partial charge < -0.3 is 20.3 Å². The molecule has 2 aromatic rings. The number of aromatic hydroxyl groups is 1. The van der Waals surface area contributed by atoms with E-state index in [2.05, 4.69) is 5.32 Å². The number of hydrogen-bond acceptors (Lipinski definition) is 4. The van der Waals surface area contributed by atoms with E-state index < -0.39 is 17.6 Å². The van der Waals surface area contributed by atoms with E-state index in [4.69, 9.17) is 33.0 Å². The SMILES string of the molecule is COc1c(Cl)cc(C(=O)Nc2ccc(C(=O)O)c(O)c2)cc1Cl. The van der Waals surface area contributed by atoms with Crippen LogP contribution in [0.3, 0.4) is 0 Å². The number of carbonyl (C=O) groups is 2. The molecule has 0 aliphatic heterocycles. The number of carboxylic acid groups (broad SMARTS) is 1. The number of anilines is 1. The Labute approximate surface area is 141 Å². The van der Waals surface area contributed by atoms with Gasteiger partial charge in [0.05, 0.1) is 17.2 Å². The Hall–Kier alpha value is -2.44. The fourth-order valence-corrected chi connectivity index (χ4v) is 2.52. The van der Waals surface area contributed by atoms with Crippen LogP contribution in [-0.2, 0) is 0 Å². The summed E-state index contributed by atoms with van der Waals surface area (Å²) in [7, 11) is 1.40. The van der Waals surface area contributed by atoms with Gasteiger partial charge in [-0.3, -0.25) is 4.79 Å². The van der Waals surface area contributed by atoms with E-state index >= 15 is 0 Å². The van der Waals surface area contributed by atoms with Crippen molar-refractivity contribution in [1.29, 1.82) is 0 Å². The van der Waals surface area contributed by atoms with Crippen LogP contribution in [0.2, 0.25) is 10.0 Å². The molecule has 23 heavy (non-hydrogen) atoms. The second-order valence-corrected chi connectivity index (χ2v) is 5.28. The first-order valence-electron chi connectivity index (χ1n) is 6.24. The second kappa shape index (κ2) is 6.76. The zero-order chi connectivity index (χ0) is 17.1. The Morgan fingerprint density at radius 3 is 2.22 bits per heavy atom. The van der Waals surface area contributed by atoms with Gasteiger partial charge in [0.1, 0.15) is 11.3 Å². The Morgan fingerprint density at radius 2 is 1.74 bits per heavy atom. The zero-order valence-corrected chi connectivity index (χ0v) is 13.3. The topological polar surface area (TPSA) is 95.9 Å². The molecule has 120 valence electrons. The molecular formula is C15H11Cl2NO5. The Bertz CT molecular complexity index is 768. The van der Waals surface area contributed by atoms with E-state index in [-0.39, 0.29) is 32.6 Å². The molecule has 0 fully saturated rings. The van der Waals surface area contributed by atoms with Gasteiger partial charge in [-0.2, -0.15) is 0 Å². The minimum atomic E-state index is -1.27. The molecule has 0 spiro atoms. The number of methoxy groups -OCH3 is 1. The second-order valence-electron chi connectivity index (χ2n) is 4.46. The summed E-state index contributed by atoms with van der Waals surface area (Å²) in [6.07, 6.45) is 0. The molecule has 0 aromatic heterocycles. The average molecular weight is 356 g/mol. The van der Waals surface area contributed by atoms with E-state index in [1.165, 1.54) is 31.4 Å². The van der Waals surface area contributed by atoms with Crippen LogP contribution in [0, 0.1) is 0 Å². The first-order chi connectivity index (χ1) is 10.8. The minimum absolute atomic E-state index is 0.175. The van der Waals surface area contributed by atoms with E-state index in [1.807, 2.05) is 0 Å². The summed E-state index contributed by atoms with van der Waals surface area (Å²) < 4.78 is 5.00. The highest BCUT2D eigenvalue weighted by molar-refractivity contribution is 6.37. The van der Waals surface area contributed by atoms with Crippen molar-refractivity contribution in [2.24, 2.45) is 0 Å². The molecule has 2 aromatic carbocycles. The quantitative estimate of drug-likeness (QED) is 0.777. The lowest BCUT2D eigenvalue weighted by atomic mass is 10.1. The summed E-state index contributed by atoms with van der Waals surface area (Å²) in [6.45, 7) is 0. The van der Waals surface area contributed by atoms with E-state index in [9.17, 15) is 14.7 Å². The Balaban J connectivity index is 2.26. The summed E-state index contributed by atoms with van der Waals surface area (Å²) in [5, 5.41) is 21.3. The van der Waals surface area contributed by atoms with Gasteiger partial charge >= 0.3 is 5.97 Å². The minimum Gasteiger partial charge on any atom is -0.507 e. The normalized spacial score (nSPS) is 10.2. The number of halogens is 2. The average Bonchev–Trinajstić information content (AvgIpc) is 2.46. The summed E-state index contributed by atoms with van der Waals surface area (Å²) >= 11 is 11.9. The molecule has 3 N–H and O–H groups in total. The highest BCUT2D eigenvalue weighted by atomic mass is 35.5. The lowest BCUT2D eigenvalue weighted by Gasteiger charge is -2.10. The summed E-state index contributed by atoms with van der Waals surface area (Å²) in [6, 6.07) is 6.43. The number of carbonyl (C=O) groups excluding carboxylic acids is 1. The fraction of sp³-hybridized carbons (Fsp3) is 0.0667. The third-order valence-electron chi connectivity index (χ3n) is 2.95. The summed E-state index contributed by atoms with van der Waals surface area (Å²) in [5.41, 5.74) is 0.140. The van der Waals surface area contributed by atoms with Crippen LogP contribution in [-0.4, -0.2) is 29.2 Å². The van der Waals surface area contributed by atoms with Crippen molar-refractivity contribution < 1.29 is 24.5 Å². The number of rotatable bonds is 4. The van der Waals surface area contributed by atoms with E-state index in [0.29, 0.717) is 0 Å². The fourth-order valence-electron chi connectivity index (χ4n) is 1.88. The number of amides is 1. The van der Waals surface area contributed by atoms with Crippen molar-refractivity contribution in [1.82, 2.24) is 0 Å². The standard InChI is InChI=1S/C15H11Cl2NO5/c1-23-13-10(16)4-7(5-11(13)17)14(20)18-8-2-3-9(15(21)22)12(19)6-8/h2-6,19H,1H3,(H,18,20)(H,21,22). The number of benzene rings is 2. The first-order valence-corrected chi connectivity index (χ1v) is 6.99. The summed E-state index contributed by atoms with van der Waals surface area (Å²) in [4.78, 5) is 23.0. The number of nitrogens with one attached hydrogen (secondary N) is 1. The molecule has 0 aliphatic rings. The molecule has 0 unspecified atom stereocenters. The van der Waals surface area contributed by atoms with E-state index in [0.717, 1.165) is 6.07 Å². The molecule has 0 atom stereocenters. The van der Waals surface area contributed by atoms with Crippen LogP contribution in [0.4, 0.5) is 5.69 Å². The lowest BCUT2D eigenvalue weighted by molar-refractivity contribution is 0.0693. The molecule has 0 heterocycles. The maximum atomic E-state index is 12.2. The van der Waals surface area contributed by atoms with Gasteiger partial charge in [-0.25, -0.2) is 4.79 Å². The van der Waals surface area contributed by atoms with Crippen LogP contribution in [0.25, 0.3) is 0 Å². The van der Waals surface area contributed by atoms with Crippen molar-refractivity contribution >= 4 is 40.8 Å². The van der Waals surface area contributed by atoms with Gasteiger partial charge in [0.25, 0.3) is 5.91 Å². The van der Waals surface area contributed by atoms with Crippen LogP contribution in [0.15, 0.2) is 30.3 Å². The third-order valence-corrected chi connectivity index (χ3v) is 3.51. The number of hydrogen-bond donors (Lipinski definition) is 3. The molecule has 2 rings (SSSR count). The van der Waals surface area contributed by atoms with Crippen molar-refractivity contribution in [3.63, 3.8) is 0 Å². The molecule has 0 radical (unpaired) electrons. The third kappa shape index (κ3) is 3.67. The zero-order valence-electron chi connectivity index (χ0n) is 11.8. The van der Waals surface area contributed by atoms with Crippen molar-refractivity contribution in [2.45, 2.75) is 0 Å². The Kier molecular flexibility index (Phi) is 4.98. The largest absolute Gasteiger partial charge is 0.507 e. The molecule has 0 aliphatic carbocycles. The Morgan fingerprint density at radius 1 is 1.13 bits per heavy atom. The van der Waals surface area contributed by atoms with Gasteiger partial charge in [-0.15, -0.1) is 0 Å². The first kappa shape index (κ1) is 16.9. The van der Waals surface area contributed by atoms with Crippen molar-refractivity contribution in [3.05, 3.63) is 51.5 Å².